The summed E-state index contributed by atoms with van der Waals surface area (Å²) in [5, 5.41) is 24.7. The molecule has 0 aromatic heterocycles. The summed E-state index contributed by atoms with van der Waals surface area (Å²) in [4.78, 5) is 9.49. The molecule has 0 aliphatic carbocycles. The molecule has 2 N–H and O–H groups in total. The number of carbonyl (C=O) groups is 1. The molecule has 2 rings (SSSR count). The summed E-state index contributed by atoms with van der Waals surface area (Å²) < 4.78 is 5.58. The van der Waals surface area contributed by atoms with E-state index in [0.717, 1.165) is 11.5 Å². The Bertz CT molecular complexity index is 501. The van der Waals surface area contributed by atoms with Crippen LogP contribution in [0.15, 0.2) is 72.8 Å². The van der Waals surface area contributed by atoms with E-state index in [1.165, 1.54) is 6.92 Å². The van der Waals surface area contributed by atoms with Gasteiger partial charge < -0.3 is 24.9 Å². The second kappa shape index (κ2) is 13.1. The number of carboxylic acid groups (broad SMARTS) is 1. The van der Waals surface area contributed by atoms with E-state index in [2.05, 4.69) is 6.58 Å². The summed E-state index contributed by atoms with van der Waals surface area (Å²) in [6.45, 7) is 4.23. The zero-order valence-corrected chi connectivity index (χ0v) is 13.0. The minimum Gasteiger partial charge on any atom is -0.545 e. The fraction of sp³-hybridized carbons (Fsp3) is 0.167. The highest BCUT2D eigenvalue weighted by Gasteiger charge is 1.92. The zero-order chi connectivity index (χ0) is 17.5. The lowest BCUT2D eigenvalue weighted by Crippen LogP contribution is -2.22. The van der Waals surface area contributed by atoms with E-state index in [4.69, 9.17) is 14.9 Å². The number of ether oxygens (including phenoxy) is 1. The molecule has 0 spiro atoms. The molecule has 23 heavy (non-hydrogen) atoms. The van der Waals surface area contributed by atoms with E-state index >= 15 is 0 Å². The Morgan fingerprint density at radius 3 is 1.48 bits per heavy atom. The third-order valence-electron chi connectivity index (χ3n) is 2.17. The predicted octanol–water partition coefficient (Wildman–Crippen LogP) is 1.76. The van der Waals surface area contributed by atoms with Gasteiger partial charge in [0, 0.05) is 0 Å². The second-order valence-electron chi connectivity index (χ2n) is 4.24. The van der Waals surface area contributed by atoms with Gasteiger partial charge >= 0.3 is 0 Å². The quantitative estimate of drug-likeness (QED) is 0.839. The van der Waals surface area contributed by atoms with Crippen molar-refractivity contribution < 1.29 is 24.9 Å². The SMILES string of the molecule is C=C(C)C(=O)[O-].OCCO.c1ccc(Oc2ccccc2)cc1. The molecule has 0 saturated heterocycles. The molecule has 0 fully saturated rings. The number of para-hydroxylation sites is 2. The smallest absolute Gasteiger partial charge is 0.127 e. The topological polar surface area (TPSA) is 89.8 Å². The van der Waals surface area contributed by atoms with Crippen molar-refractivity contribution >= 4 is 5.97 Å². The van der Waals surface area contributed by atoms with Crippen molar-refractivity contribution in [2.24, 2.45) is 0 Å². The van der Waals surface area contributed by atoms with E-state index in [0.29, 0.717) is 0 Å². The average molecular weight is 317 g/mol. The Kier molecular flexibility index (Phi) is 11.6. The van der Waals surface area contributed by atoms with E-state index in [9.17, 15) is 9.90 Å². The van der Waals surface area contributed by atoms with Crippen molar-refractivity contribution in [2.45, 2.75) is 6.92 Å². The molecule has 0 aliphatic heterocycles. The standard InChI is InChI=1S/C12H10O.C4H6O2.C2H6O2/c1-3-7-11(8-4-1)13-12-9-5-2-6-10-12;1-3(2)4(5)6;3-1-2-4/h1-10H;1H2,2H3,(H,5,6);3-4H,1-2H2/p-1. The van der Waals surface area contributed by atoms with E-state index in [-0.39, 0.29) is 18.8 Å². The number of benzene rings is 2. The molecular weight excluding hydrogens is 296 g/mol. The molecule has 0 bridgehead atoms. The van der Waals surface area contributed by atoms with Gasteiger partial charge in [0.2, 0.25) is 0 Å². The lowest BCUT2D eigenvalue weighted by atomic mass is 10.3. The van der Waals surface area contributed by atoms with Gasteiger partial charge in [0.05, 0.1) is 19.2 Å². The molecule has 124 valence electrons. The van der Waals surface area contributed by atoms with Gasteiger partial charge in [-0.2, -0.15) is 0 Å². The van der Waals surface area contributed by atoms with Gasteiger partial charge in [0.1, 0.15) is 11.5 Å². The third-order valence-corrected chi connectivity index (χ3v) is 2.17. The Hall–Kier alpha value is -2.63. The van der Waals surface area contributed by atoms with Crippen LogP contribution in [0.1, 0.15) is 6.92 Å². The molecule has 0 amide bonds. The lowest BCUT2D eigenvalue weighted by molar-refractivity contribution is -0.299. The molecule has 5 nitrogen and oxygen atoms in total. The Balaban J connectivity index is 0.000000407. The van der Waals surface area contributed by atoms with Crippen LogP contribution in [0.4, 0.5) is 0 Å². The largest absolute Gasteiger partial charge is 0.545 e. The van der Waals surface area contributed by atoms with Gasteiger partial charge in [-0.1, -0.05) is 43.0 Å². The van der Waals surface area contributed by atoms with Crippen molar-refractivity contribution in [1.29, 1.82) is 0 Å². The first-order chi connectivity index (χ1) is 11.0. The monoisotopic (exact) mass is 317 g/mol. The fourth-order valence-corrected chi connectivity index (χ4v) is 1.11. The summed E-state index contributed by atoms with van der Waals surface area (Å²) in [5.74, 6) is 0.553. The lowest BCUT2D eigenvalue weighted by Gasteiger charge is -2.03. The van der Waals surface area contributed by atoms with Gasteiger partial charge in [-0.25, -0.2) is 0 Å². The number of aliphatic hydroxyl groups is 2. The van der Waals surface area contributed by atoms with Crippen LogP contribution in [0.25, 0.3) is 0 Å². The number of carboxylic acids is 1. The van der Waals surface area contributed by atoms with Crippen molar-refractivity contribution in [3.8, 4) is 11.5 Å². The molecule has 0 unspecified atom stereocenters. The zero-order valence-electron chi connectivity index (χ0n) is 13.0. The van der Waals surface area contributed by atoms with Gasteiger partial charge in [0.25, 0.3) is 0 Å². The molecular formula is C18H21O5-. The number of aliphatic hydroxyl groups excluding tert-OH is 2. The summed E-state index contributed by atoms with van der Waals surface area (Å²) in [7, 11) is 0. The van der Waals surface area contributed by atoms with Gasteiger partial charge in [-0.05, 0) is 36.8 Å². The number of carbonyl (C=O) groups excluding carboxylic acids is 1. The minimum atomic E-state index is -1.19. The minimum absolute atomic E-state index is 0.0648. The van der Waals surface area contributed by atoms with Crippen LogP contribution < -0.4 is 9.84 Å². The number of hydrogen-bond donors (Lipinski definition) is 2. The Morgan fingerprint density at radius 2 is 1.26 bits per heavy atom. The van der Waals surface area contributed by atoms with Crippen molar-refractivity contribution in [3.05, 3.63) is 72.8 Å². The first-order valence-corrected chi connectivity index (χ1v) is 6.87. The van der Waals surface area contributed by atoms with Gasteiger partial charge in [0.15, 0.2) is 0 Å². The maximum atomic E-state index is 9.49. The van der Waals surface area contributed by atoms with E-state index in [1.807, 2.05) is 60.7 Å². The Morgan fingerprint density at radius 1 is 0.957 bits per heavy atom. The molecule has 0 aliphatic rings. The highest BCUT2D eigenvalue weighted by Crippen LogP contribution is 2.19. The van der Waals surface area contributed by atoms with Crippen LogP contribution >= 0.6 is 0 Å². The maximum Gasteiger partial charge on any atom is 0.127 e. The number of rotatable bonds is 4. The van der Waals surface area contributed by atoms with Crippen molar-refractivity contribution in [2.75, 3.05) is 13.2 Å². The summed E-state index contributed by atoms with van der Waals surface area (Å²) >= 11 is 0. The molecule has 0 heterocycles. The van der Waals surface area contributed by atoms with Crippen LogP contribution in [-0.4, -0.2) is 29.4 Å². The molecule has 0 atom stereocenters. The highest BCUT2D eigenvalue weighted by molar-refractivity contribution is 5.82. The van der Waals surface area contributed by atoms with Crippen LogP contribution in [0.5, 0.6) is 11.5 Å². The Labute approximate surface area is 136 Å². The van der Waals surface area contributed by atoms with Crippen molar-refractivity contribution in [3.63, 3.8) is 0 Å². The fourth-order valence-electron chi connectivity index (χ4n) is 1.11. The molecule has 0 saturated carbocycles. The summed E-state index contributed by atoms with van der Waals surface area (Å²) in [6, 6.07) is 19.5. The molecule has 0 radical (unpaired) electrons. The summed E-state index contributed by atoms with van der Waals surface area (Å²) in [6.07, 6.45) is 0. The predicted molar refractivity (Wildman–Crippen MR) is 87.0 cm³/mol. The van der Waals surface area contributed by atoms with Crippen LogP contribution in [0, 0.1) is 0 Å². The van der Waals surface area contributed by atoms with Crippen LogP contribution in [0.3, 0.4) is 0 Å². The molecule has 5 heteroatoms. The van der Waals surface area contributed by atoms with Gasteiger partial charge in [-0.3, -0.25) is 0 Å². The molecule has 2 aromatic rings. The van der Waals surface area contributed by atoms with Crippen molar-refractivity contribution in [1.82, 2.24) is 0 Å². The maximum absolute atomic E-state index is 9.49. The second-order valence-corrected chi connectivity index (χ2v) is 4.24. The van der Waals surface area contributed by atoms with E-state index < -0.39 is 5.97 Å². The normalized spacial score (nSPS) is 8.65. The first-order valence-electron chi connectivity index (χ1n) is 6.87. The number of aliphatic carboxylic acids is 1. The van der Waals surface area contributed by atoms with Crippen LogP contribution in [-0.2, 0) is 4.79 Å². The average Bonchev–Trinajstić information content (AvgIpc) is 2.57. The first kappa shape index (κ1) is 20.4. The highest BCUT2D eigenvalue weighted by atomic mass is 16.5. The van der Waals surface area contributed by atoms with Gasteiger partial charge in [-0.15, -0.1) is 0 Å². The summed E-state index contributed by atoms with van der Waals surface area (Å²) in [5.41, 5.74) is 0.0648. The van der Waals surface area contributed by atoms with Crippen LogP contribution in [0.2, 0.25) is 0 Å². The van der Waals surface area contributed by atoms with E-state index in [1.54, 1.807) is 0 Å². The third kappa shape index (κ3) is 11.7. The molecule has 2 aromatic carbocycles. The number of hydrogen-bond acceptors (Lipinski definition) is 5.